The summed E-state index contributed by atoms with van der Waals surface area (Å²) in [5.41, 5.74) is -4.22. The lowest BCUT2D eigenvalue weighted by Gasteiger charge is -2.12. The van der Waals surface area contributed by atoms with Crippen LogP contribution >= 0.6 is 11.8 Å². The normalized spacial score (nSPS) is 15.3. The van der Waals surface area contributed by atoms with E-state index in [2.05, 4.69) is 5.32 Å². The Hall–Kier alpha value is 0.0500. The first-order chi connectivity index (χ1) is 6.60. The summed E-state index contributed by atoms with van der Waals surface area (Å²) in [6.45, 7) is 1.76. The van der Waals surface area contributed by atoms with E-state index in [0.29, 0.717) is 0 Å². The number of halogens is 3. The van der Waals surface area contributed by atoms with Crippen LogP contribution in [0.5, 0.6) is 0 Å². The molecule has 92 valence electrons. The van der Waals surface area contributed by atoms with Crippen LogP contribution in [0.25, 0.3) is 0 Å². The predicted octanol–water partition coefficient (Wildman–Crippen LogP) is 1.26. The summed E-state index contributed by atoms with van der Waals surface area (Å²) >= 11 is -0.118. The lowest BCUT2D eigenvalue weighted by atomic mass is 10.4. The van der Waals surface area contributed by atoms with Gasteiger partial charge in [0.1, 0.15) is 9.84 Å². The highest BCUT2D eigenvalue weighted by Crippen LogP contribution is 2.29. The first-order valence-electron chi connectivity index (χ1n) is 4.22. The van der Waals surface area contributed by atoms with Crippen molar-refractivity contribution >= 4 is 21.6 Å². The number of hydrogen-bond acceptors (Lipinski definition) is 4. The van der Waals surface area contributed by atoms with Crippen LogP contribution in [0.3, 0.4) is 0 Å². The van der Waals surface area contributed by atoms with Crippen LogP contribution in [-0.4, -0.2) is 44.3 Å². The van der Waals surface area contributed by atoms with Gasteiger partial charge in [-0.15, -0.1) is 0 Å². The molecule has 1 N–H and O–H groups in total. The molecule has 0 saturated carbocycles. The van der Waals surface area contributed by atoms with Crippen molar-refractivity contribution < 1.29 is 21.6 Å². The van der Waals surface area contributed by atoms with E-state index in [4.69, 9.17) is 0 Å². The molecule has 0 aliphatic rings. The largest absolute Gasteiger partial charge is 0.441 e. The smallest absolute Gasteiger partial charge is 0.312 e. The monoisotopic (exact) mass is 265 g/mol. The average molecular weight is 265 g/mol. The fraction of sp³-hybridized carbons (Fsp3) is 1.00. The van der Waals surface area contributed by atoms with Crippen molar-refractivity contribution in [1.29, 1.82) is 0 Å². The zero-order chi connectivity index (χ0) is 12.1. The number of alkyl halides is 3. The van der Waals surface area contributed by atoms with Crippen molar-refractivity contribution in [2.24, 2.45) is 0 Å². The van der Waals surface area contributed by atoms with E-state index in [1.165, 1.54) is 0 Å². The average Bonchev–Trinajstić information content (AvgIpc) is 1.92. The van der Waals surface area contributed by atoms with Crippen LogP contribution in [-0.2, 0) is 9.84 Å². The Morgan fingerprint density at radius 1 is 1.40 bits per heavy atom. The molecule has 0 aliphatic carbocycles. The molecular weight excluding hydrogens is 251 g/mol. The van der Waals surface area contributed by atoms with E-state index in [1.54, 1.807) is 6.92 Å². The number of rotatable bonds is 6. The summed E-state index contributed by atoms with van der Waals surface area (Å²) < 4.78 is 56.7. The molecule has 0 amide bonds. The summed E-state index contributed by atoms with van der Waals surface area (Å²) in [4.78, 5) is 0. The van der Waals surface area contributed by atoms with Gasteiger partial charge in [0.25, 0.3) is 0 Å². The second-order valence-corrected chi connectivity index (χ2v) is 6.59. The molecule has 0 aromatic carbocycles. The van der Waals surface area contributed by atoms with Gasteiger partial charge >= 0.3 is 5.51 Å². The molecule has 15 heavy (non-hydrogen) atoms. The van der Waals surface area contributed by atoms with Crippen LogP contribution < -0.4 is 5.32 Å². The van der Waals surface area contributed by atoms with Crippen molar-refractivity contribution in [1.82, 2.24) is 5.32 Å². The molecule has 0 spiro atoms. The van der Waals surface area contributed by atoms with Gasteiger partial charge in [-0.05, 0) is 18.7 Å². The molecule has 0 rings (SSSR count). The van der Waals surface area contributed by atoms with Crippen LogP contribution in [0.2, 0.25) is 0 Å². The Morgan fingerprint density at radius 2 is 1.93 bits per heavy atom. The van der Waals surface area contributed by atoms with Crippen molar-refractivity contribution in [3.05, 3.63) is 0 Å². The second kappa shape index (κ2) is 5.95. The minimum Gasteiger partial charge on any atom is -0.312 e. The van der Waals surface area contributed by atoms with Crippen LogP contribution in [0.4, 0.5) is 13.2 Å². The lowest BCUT2D eigenvalue weighted by molar-refractivity contribution is -0.0327. The van der Waals surface area contributed by atoms with Gasteiger partial charge in [0.15, 0.2) is 0 Å². The van der Waals surface area contributed by atoms with Gasteiger partial charge in [-0.2, -0.15) is 13.2 Å². The Bertz CT molecular complexity index is 276. The maximum absolute atomic E-state index is 11.7. The molecular formula is C7H14F3NO2S2. The molecule has 0 saturated heterocycles. The van der Waals surface area contributed by atoms with Crippen LogP contribution in [0.1, 0.15) is 6.92 Å². The summed E-state index contributed by atoms with van der Waals surface area (Å²) in [5.74, 6) is -0.179. The number of thioether (sulfide) groups is 1. The molecule has 0 heterocycles. The number of hydrogen-bond donors (Lipinski definition) is 1. The van der Waals surface area contributed by atoms with Gasteiger partial charge < -0.3 is 5.32 Å². The highest BCUT2D eigenvalue weighted by molar-refractivity contribution is 8.00. The standard InChI is InChI=1S/C7H14F3NO2S2/c1-6(5-15(2,12)13)11-3-4-14-7(8,9)10/h6,11H,3-5H2,1-2H3. The Kier molecular flexibility index (Phi) is 5.97. The second-order valence-electron chi connectivity index (χ2n) is 3.24. The van der Waals surface area contributed by atoms with Gasteiger partial charge in [-0.1, -0.05) is 0 Å². The van der Waals surface area contributed by atoms with Crippen LogP contribution in [0, 0.1) is 0 Å². The zero-order valence-corrected chi connectivity index (χ0v) is 10.1. The number of nitrogens with one attached hydrogen (secondary N) is 1. The molecule has 3 nitrogen and oxygen atoms in total. The third-order valence-electron chi connectivity index (χ3n) is 1.41. The van der Waals surface area contributed by atoms with E-state index in [0.717, 1.165) is 6.26 Å². The molecule has 0 aromatic heterocycles. The molecule has 8 heteroatoms. The maximum Gasteiger partial charge on any atom is 0.441 e. The first-order valence-corrected chi connectivity index (χ1v) is 7.26. The van der Waals surface area contributed by atoms with E-state index < -0.39 is 15.3 Å². The van der Waals surface area contributed by atoms with Gasteiger partial charge in [0.05, 0.1) is 5.75 Å². The lowest BCUT2D eigenvalue weighted by Crippen LogP contribution is -2.34. The third kappa shape index (κ3) is 12.0. The molecule has 0 fully saturated rings. The van der Waals surface area contributed by atoms with E-state index in [9.17, 15) is 21.6 Å². The Balaban J connectivity index is 3.61. The minimum atomic E-state index is -4.22. The third-order valence-corrected chi connectivity index (χ3v) is 3.25. The first kappa shape index (κ1) is 15.0. The van der Waals surface area contributed by atoms with Gasteiger partial charge in [0, 0.05) is 24.6 Å². The maximum atomic E-state index is 11.7. The fourth-order valence-corrected chi connectivity index (χ4v) is 2.46. The highest BCUT2D eigenvalue weighted by atomic mass is 32.2. The molecule has 0 bridgehead atoms. The van der Waals surface area contributed by atoms with Crippen LogP contribution in [0.15, 0.2) is 0 Å². The Labute approximate surface area is 91.7 Å². The van der Waals surface area contributed by atoms with Crippen molar-refractivity contribution in [2.45, 2.75) is 18.5 Å². The molecule has 1 unspecified atom stereocenters. The predicted molar refractivity (Wildman–Crippen MR) is 55.7 cm³/mol. The minimum absolute atomic E-state index is 0.0658. The summed E-state index contributed by atoms with van der Waals surface area (Å²) in [6, 6.07) is -0.325. The quantitative estimate of drug-likeness (QED) is 0.735. The molecule has 0 radical (unpaired) electrons. The van der Waals surface area contributed by atoms with Gasteiger partial charge in [-0.3, -0.25) is 0 Å². The summed E-state index contributed by atoms with van der Waals surface area (Å²) in [6.07, 6.45) is 1.09. The molecule has 0 aromatic rings. The van der Waals surface area contributed by atoms with Crippen molar-refractivity contribution in [3.8, 4) is 0 Å². The summed E-state index contributed by atoms with van der Waals surface area (Å²) in [7, 11) is -3.08. The number of sulfone groups is 1. The van der Waals surface area contributed by atoms with E-state index in [-0.39, 0.29) is 35.9 Å². The van der Waals surface area contributed by atoms with Gasteiger partial charge in [-0.25, -0.2) is 8.42 Å². The topological polar surface area (TPSA) is 46.2 Å². The zero-order valence-electron chi connectivity index (χ0n) is 8.47. The highest BCUT2D eigenvalue weighted by Gasteiger charge is 2.27. The van der Waals surface area contributed by atoms with Crippen molar-refractivity contribution in [3.63, 3.8) is 0 Å². The SMILES string of the molecule is CC(CS(C)(=O)=O)NCCSC(F)(F)F. The van der Waals surface area contributed by atoms with Crippen molar-refractivity contribution in [2.75, 3.05) is 24.3 Å². The van der Waals surface area contributed by atoms with E-state index in [1.807, 2.05) is 0 Å². The Morgan fingerprint density at radius 3 is 2.33 bits per heavy atom. The summed E-state index contributed by atoms with van der Waals surface area (Å²) in [5, 5.41) is 2.71. The van der Waals surface area contributed by atoms with E-state index >= 15 is 0 Å². The van der Waals surface area contributed by atoms with Gasteiger partial charge in [0.2, 0.25) is 0 Å². The molecule has 0 aliphatic heterocycles. The molecule has 1 atom stereocenters. The fourth-order valence-electron chi connectivity index (χ4n) is 0.985.